The zero-order valence-corrected chi connectivity index (χ0v) is 19.5. The highest BCUT2D eigenvalue weighted by atomic mass is 16.4. The van der Waals surface area contributed by atoms with Gasteiger partial charge in [0.05, 0.1) is 27.6 Å². The number of rotatable bonds is 19. The summed E-state index contributed by atoms with van der Waals surface area (Å²) in [6.07, 6.45) is 15.2. The molecule has 0 radical (unpaired) electrons. The monoisotopic (exact) mass is 414 g/mol. The van der Waals surface area contributed by atoms with Gasteiger partial charge in [0, 0.05) is 18.9 Å². The van der Waals surface area contributed by atoms with Gasteiger partial charge in [-0.3, -0.25) is 15.3 Å². The topological polar surface area (TPSA) is 92.4 Å². The zero-order valence-electron chi connectivity index (χ0n) is 19.5. The van der Waals surface area contributed by atoms with Crippen molar-refractivity contribution < 1.29 is 19.2 Å². The van der Waals surface area contributed by atoms with Crippen LogP contribution in [0.5, 0.6) is 0 Å². The summed E-state index contributed by atoms with van der Waals surface area (Å²) >= 11 is 0. The number of carbonyl (C=O) groups is 2. The number of quaternary nitrogens is 1. The molecule has 2 atom stereocenters. The van der Waals surface area contributed by atoms with E-state index in [1.54, 1.807) is 0 Å². The Hall–Kier alpha value is -1.14. The van der Waals surface area contributed by atoms with Crippen LogP contribution in [0.3, 0.4) is 0 Å². The molecule has 0 saturated heterocycles. The smallest absolute Gasteiger partial charge is 0.303 e. The molecule has 6 nitrogen and oxygen atoms in total. The van der Waals surface area contributed by atoms with Crippen LogP contribution in [0, 0.1) is 5.92 Å². The Morgan fingerprint density at radius 3 is 1.69 bits per heavy atom. The lowest BCUT2D eigenvalue weighted by molar-refractivity contribution is -0.899. The van der Waals surface area contributed by atoms with Gasteiger partial charge in [0.1, 0.15) is 6.17 Å². The van der Waals surface area contributed by atoms with Gasteiger partial charge in [0.2, 0.25) is 5.91 Å². The Bertz CT molecular complexity index is 436. The van der Waals surface area contributed by atoms with Gasteiger partial charge in [-0.25, -0.2) is 0 Å². The van der Waals surface area contributed by atoms with E-state index in [4.69, 9.17) is 10.8 Å². The van der Waals surface area contributed by atoms with E-state index in [0.29, 0.717) is 11.0 Å². The molecule has 0 rings (SSSR count). The molecule has 0 aliphatic heterocycles. The van der Waals surface area contributed by atoms with Gasteiger partial charge in [0.15, 0.2) is 0 Å². The third-order valence-corrected chi connectivity index (χ3v) is 5.61. The number of carboxylic acids is 1. The second-order valence-corrected chi connectivity index (χ2v) is 9.41. The minimum Gasteiger partial charge on any atom is -0.481 e. The van der Waals surface area contributed by atoms with Crippen molar-refractivity contribution in [2.24, 2.45) is 11.7 Å². The lowest BCUT2D eigenvalue weighted by atomic mass is 9.96. The fourth-order valence-electron chi connectivity index (χ4n) is 3.67. The lowest BCUT2D eigenvalue weighted by Crippen LogP contribution is -2.56. The maximum absolute atomic E-state index is 12.2. The predicted molar refractivity (Wildman–Crippen MR) is 120 cm³/mol. The molecule has 0 fully saturated rings. The highest BCUT2D eigenvalue weighted by Gasteiger charge is 2.32. The summed E-state index contributed by atoms with van der Waals surface area (Å²) in [4.78, 5) is 23.3. The van der Waals surface area contributed by atoms with Gasteiger partial charge in [-0.2, -0.15) is 0 Å². The average molecular weight is 415 g/mol. The highest BCUT2D eigenvalue weighted by molar-refractivity contribution is 5.77. The Morgan fingerprint density at radius 1 is 0.828 bits per heavy atom. The van der Waals surface area contributed by atoms with E-state index in [1.807, 2.05) is 21.1 Å². The summed E-state index contributed by atoms with van der Waals surface area (Å²) in [5.74, 6) is -1.37. The Labute approximate surface area is 179 Å². The van der Waals surface area contributed by atoms with E-state index in [1.165, 1.54) is 64.2 Å². The predicted octanol–water partition coefficient (Wildman–Crippen LogP) is 4.28. The quantitative estimate of drug-likeness (QED) is 0.167. The summed E-state index contributed by atoms with van der Waals surface area (Å²) in [6, 6.07) is 0. The van der Waals surface area contributed by atoms with Crippen molar-refractivity contribution in [3.05, 3.63) is 0 Å². The number of amides is 1. The van der Waals surface area contributed by atoms with E-state index in [9.17, 15) is 9.59 Å². The molecule has 6 heteroatoms. The van der Waals surface area contributed by atoms with Crippen molar-refractivity contribution in [1.29, 1.82) is 0 Å². The van der Waals surface area contributed by atoms with Crippen LogP contribution in [0.1, 0.15) is 96.8 Å². The summed E-state index contributed by atoms with van der Waals surface area (Å²) in [5.41, 5.74) is 6.20. The summed E-state index contributed by atoms with van der Waals surface area (Å²) in [6.45, 7) is 2.92. The number of carbonyl (C=O) groups excluding carboxylic acids is 1. The molecule has 0 aromatic rings. The van der Waals surface area contributed by atoms with Gasteiger partial charge < -0.3 is 14.9 Å². The van der Waals surface area contributed by atoms with Crippen molar-refractivity contribution in [1.82, 2.24) is 5.32 Å². The molecule has 29 heavy (non-hydrogen) atoms. The van der Waals surface area contributed by atoms with Crippen LogP contribution < -0.4 is 11.1 Å². The molecule has 172 valence electrons. The first-order chi connectivity index (χ1) is 13.7. The minimum absolute atomic E-state index is 0.0806. The van der Waals surface area contributed by atoms with Crippen LogP contribution in [0.4, 0.5) is 0 Å². The van der Waals surface area contributed by atoms with Crippen LogP contribution >= 0.6 is 0 Å². The SMILES string of the molecule is CCCCCCCCCCCCCCNC(=O)CC(CC(=O)O)[C@H](N)[N+](C)(C)C. The van der Waals surface area contributed by atoms with E-state index >= 15 is 0 Å². The second kappa shape index (κ2) is 16.6. The molecule has 0 aliphatic carbocycles. The first-order valence-electron chi connectivity index (χ1n) is 11.7. The first kappa shape index (κ1) is 27.9. The van der Waals surface area contributed by atoms with Crippen LogP contribution in [-0.4, -0.2) is 55.3 Å². The molecule has 0 aromatic heterocycles. The number of nitrogens with two attached hydrogens (primary N) is 1. The summed E-state index contributed by atoms with van der Waals surface area (Å²) in [5, 5.41) is 12.0. The summed E-state index contributed by atoms with van der Waals surface area (Å²) in [7, 11) is 5.76. The van der Waals surface area contributed by atoms with Crippen molar-refractivity contribution in [2.75, 3.05) is 27.7 Å². The molecular weight excluding hydrogens is 366 g/mol. The Kier molecular flexibility index (Phi) is 16.0. The number of nitrogens with zero attached hydrogens (tertiary/aromatic N) is 1. The Morgan fingerprint density at radius 2 is 1.28 bits per heavy atom. The second-order valence-electron chi connectivity index (χ2n) is 9.41. The number of hydrogen-bond acceptors (Lipinski definition) is 3. The molecular formula is C23H48N3O3+. The average Bonchev–Trinajstić information content (AvgIpc) is 2.63. The highest BCUT2D eigenvalue weighted by Crippen LogP contribution is 2.18. The molecule has 0 spiro atoms. The fraction of sp³-hybridized carbons (Fsp3) is 0.913. The standard InChI is InChI=1S/C23H47N3O3/c1-5-6-7-8-9-10-11-12-13-14-15-16-17-25-21(27)18-20(19-22(28)29)23(24)26(2,3)4/h20,23H,5-19,24H2,1-4H3,(H-,25,27,28,29)/p+1/t20?,23-/m1/s1. The van der Waals surface area contributed by atoms with Crippen molar-refractivity contribution in [3.8, 4) is 0 Å². The lowest BCUT2D eigenvalue weighted by Gasteiger charge is -2.35. The third-order valence-electron chi connectivity index (χ3n) is 5.61. The van der Waals surface area contributed by atoms with Gasteiger partial charge in [-0.1, -0.05) is 77.6 Å². The van der Waals surface area contributed by atoms with Gasteiger partial charge in [-0.15, -0.1) is 0 Å². The molecule has 0 aromatic carbocycles. The van der Waals surface area contributed by atoms with E-state index in [0.717, 1.165) is 12.8 Å². The number of unbranched alkanes of at least 4 members (excludes halogenated alkanes) is 11. The third kappa shape index (κ3) is 16.4. The molecule has 0 heterocycles. The van der Waals surface area contributed by atoms with E-state index in [2.05, 4.69) is 12.2 Å². The van der Waals surface area contributed by atoms with Crippen LogP contribution in [0.25, 0.3) is 0 Å². The normalized spacial score (nSPS) is 13.8. The van der Waals surface area contributed by atoms with E-state index in [-0.39, 0.29) is 30.8 Å². The number of hydrogen-bond donors (Lipinski definition) is 3. The van der Waals surface area contributed by atoms with Gasteiger partial charge in [0.25, 0.3) is 0 Å². The number of nitrogens with one attached hydrogen (secondary N) is 1. The van der Waals surface area contributed by atoms with Gasteiger partial charge in [-0.05, 0) is 6.42 Å². The molecule has 0 saturated carbocycles. The first-order valence-corrected chi connectivity index (χ1v) is 11.7. The number of carboxylic acid groups (broad SMARTS) is 1. The Balaban J connectivity index is 3.77. The molecule has 4 N–H and O–H groups in total. The van der Waals surface area contributed by atoms with Crippen LogP contribution in [0.15, 0.2) is 0 Å². The van der Waals surface area contributed by atoms with Crippen molar-refractivity contribution in [2.45, 2.75) is 103 Å². The summed E-state index contributed by atoms with van der Waals surface area (Å²) < 4.78 is 0.434. The largest absolute Gasteiger partial charge is 0.481 e. The number of aliphatic carboxylic acids is 1. The molecule has 0 aliphatic rings. The van der Waals surface area contributed by atoms with Crippen molar-refractivity contribution >= 4 is 11.9 Å². The van der Waals surface area contributed by atoms with Crippen LogP contribution in [-0.2, 0) is 9.59 Å². The minimum atomic E-state index is -0.910. The van der Waals surface area contributed by atoms with Crippen LogP contribution in [0.2, 0.25) is 0 Å². The molecule has 1 unspecified atom stereocenters. The van der Waals surface area contributed by atoms with E-state index < -0.39 is 5.97 Å². The maximum Gasteiger partial charge on any atom is 0.303 e. The zero-order chi connectivity index (χ0) is 22.1. The van der Waals surface area contributed by atoms with Crippen molar-refractivity contribution in [3.63, 3.8) is 0 Å². The molecule has 1 amide bonds. The fourth-order valence-corrected chi connectivity index (χ4v) is 3.67. The maximum atomic E-state index is 12.2. The van der Waals surface area contributed by atoms with Gasteiger partial charge >= 0.3 is 5.97 Å². The molecule has 0 bridgehead atoms.